The predicted octanol–water partition coefficient (Wildman–Crippen LogP) is 7.01. The lowest BCUT2D eigenvalue weighted by atomic mass is 10.0. The highest BCUT2D eigenvalue weighted by molar-refractivity contribution is 7.99. The summed E-state index contributed by atoms with van der Waals surface area (Å²) in [6.45, 7) is 4.77. The van der Waals surface area contributed by atoms with Gasteiger partial charge in [-0.25, -0.2) is 4.99 Å². The van der Waals surface area contributed by atoms with Crippen LogP contribution in [0.25, 0.3) is 0 Å². The first-order valence-electron chi connectivity index (χ1n) is 9.66. The highest BCUT2D eigenvalue weighted by Gasteiger charge is 2.20. The lowest BCUT2D eigenvalue weighted by Gasteiger charge is -2.10. The van der Waals surface area contributed by atoms with Crippen molar-refractivity contribution in [2.45, 2.75) is 23.6 Å². The average Bonchev–Trinajstić information content (AvgIpc) is 2.90. The Bertz CT molecular complexity index is 1160. The molecule has 6 heteroatoms. The van der Waals surface area contributed by atoms with Gasteiger partial charge in [0.15, 0.2) is 0 Å². The minimum Gasteiger partial charge on any atom is -0.352 e. The number of carbonyl (C=O) groups is 1. The maximum absolute atomic E-state index is 12.6. The van der Waals surface area contributed by atoms with Crippen LogP contribution >= 0.6 is 35.0 Å². The van der Waals surface area contributed by atoms with E-state index in [-0.39, 0.29) is 5.91 Å². The molecule has 3 aromatic rings. The fraction of sp³-hybridized carbons (Fsp3) is 0.167. The van der Waals surface area contributed by atoms with E-state index in [2.05, 4.69) is 25.2 Å². The molecule has 1 aliphatic heterocycles. The van der Waals surface area contributed by atoms with Gasteiger partial charge in [0.1, 0.15) is 0 Å². The first kappa shape index (κ1) is 21.0. The van der Waals surface area contributed by atoms with Gasteiger partial charge in [-0.2, -0.15) is 0 Å². The Morgan fingerprint density at radius 3 is 2.57 bits per heavy atom. The molecule has 3 aromatic carbocycles. The Labute approximate surface area is 190 Å². The van der Waals surface area contributed by atoms with Crippen LogP contribution in [0.15, 0.2) is 75.4 Å². The van der Waals surface area contributed by atoms with E-state index in [9.17, 15) is 4.79 Å². The standard InChI is InChI=1S/C24H20Cl2N2OS/c1-14(2)13-27-24(29)16-8-10-22-20(12-16)28-23(15-7-9-18(25)19(26)11-15)17-5-3-4-6-21(17)30-22/h3-12,14H,13H2,1-2H3,(H,27,29). The van der Waals surface area contributed by atoms with Gasteiger partial charge in [0.2, 0.25) is 0 Å². The zero-order valence-corrected chi connectivity index (χ0v) is 18.9. The number of fused-ring (bicyclic) bond motifs is 2. The Morgan fingerprint density at radius 2 is 1.80 bits per heavy atom. The van der Waals surface area contributed by atoms with E-state index in [0.717, 1.165) is 32.3 Å². The molecule has 152 valence electrons. The van der Waals surface area contributed by atoms with E-state index < -0.39 is 0 Å². The fourth-order valence-corrected chi connectivity index (χ4v) is 4.45. The van der Waals surface area contributed by atoms with Gasteiger partial charge < -0.3 is 5.32 Å². The molecule has 30 heavy (non-hydrogen) atoms. The fourth-order valence-electron chi connectivity index (χ4n) is 3.15. The zero-order chi connectivity index (χ0) is 21.3. The zero-order valence-electron chi connectivity index (χ0n) is 16.6. The summed E-state index contributed by atoms with van der Waals surface area (Å²) in [5.41, 5.74) is 4.05. The van der Waals surface area contributed by atoms with Crippen LogP contribution in [0, 0.1) is 5.92 Å². The molecule has 1 aliphatic rings. The Kier molecular flexibility index (Phi) is 6.19. The summed E-state index contributed by atoms with van der Waals surface area (Å²) in [5.74, 6) is 0.295. The maximum atomic E-state index is 12.6. The monoisotopic (exact) mass is 454 g/mol. The number of halogens is 2. The van der Waals surface area contributed by atoms with Crippen LogP contribution in [-0.2, 0) is 0 Å². The summed E-state index contributed by atoms with van der Waals surface area (Å²) in [6.07, 6.45) is 0. The second kappa shape index (κ2) is 8.84. The van der Waals surface area contributed by atoms with Crippen LogP contribution in [0.2, 0.25) is 10.0 Å². The Balaban J connectivity index is 1.82. The Hall–Kier alpha value is -2.27. The van der Waals surface area contributed by atoms with Crippen LogP contribution in [0.4, 0.5) is 5.69 Å². The van der Waals surface area contributed by atoms with Crippen molar-refractivity contribution < 1.29 is 4.79 Å². The van der Waals surface area contributed by atoms with Gasteiger partial charge >= 0.3 is 0 Å². The maximum Gasteiger partial charge on any atom is 0.251 e. The van der Waals surface area contributed by atoms with Crippen molar-refractivity contribution in [2.75, 3.05) is 6.54 Å². The van der Waals surface area contributed by atoms with Gasteiger partial charge in [0, 0.05) is 33.0 Å². The molecule has 0 unspecified atom stereocenters. The molecule has 1 amide bonds. The largest absolute Gasteiger partial charge is 0.352 e. The van der Waals surface area contributed by atoms with Crippen molar-refractivity contribution in [3.8, 4) is 0 Å². The lowest BCUT2D eigenvalue weighted by molar-refractivity contribution is 0.0949. The number of carbonyl (C=O) groups excluding carboxylic acids is 1. The minimum absolute atomic E-state index is 0.0930. The summed E-state index contributed by atoms with van der Waals surface area (Å²) in [7, 11) is 0. The van der Waals surface area contributed by atoms with Gasteiger partial charge in [-0.3, -0.25) is 4.79 Å². The summed E-state index contributed by atoms with van der Waals surface area (Å²) in [5, 5.41) is 3.95. The molecule has 1 N–H and O–H groups in total. The van der Waals surface area contributed by atoms with E-state index in [1.807, 2.05) is 48.5 Å². The number of benzene rings is 3. The van der Waals surface area contributed by atoms with E-state index in [0.29, 0.717) is 28.1 Å². The smallest absolute Gasteiger partial charge is 0.251 e. The molecule has 0 aliphatic carbocycles. The first-order chi connectivity index (χ1) is 14.4. The summed E-state index contributed by atoms with van der Waals surface area (Å²) < 4.78 is 0. The Morgan fingerprint density at radius 1 is 1.00 bits per heavy atom. The third-order valence-electron chi connectivity index (χ3n) is 4.68. The summed E-state index contributed by atoms with van der Waals surface area (Å²) in [6, 6.07) is 19.3. The number of nitrogens with zero attached hydrogens (tertiary/aromatic N) is 1. The van der Waals surface area contributed by atoms with Crippen molar-refractivity contribution in [3.63, 3.8) is 0 Å². The van der Waals surface area contributed by atoms with Gasteiger partial charge in [0.05, 0.1) is 21.4 Å². The molecule has 0 spiro atoms. The molecule has 0 saturated carbocycles. The highest BCUT2D eigenvalue weighted by Crippen LogP contribution is 2.42. The molecule has 0 aromatic heterocycles. The third-order valence-corrected chi connectivity index (χ3v) is 6.56. The van der Waals surface area contributed by atoms with E-state index in [1.54, 1.807) is 17.8 Å². The molecule has 0 fully saturated rings. The van der Waals surface area contributed by atoms with Gasteiger partial charge in [-0.15, -0.1) is 0 Å². The SMILES string of the molecule is CC(C)CNC(=O)c1ccc2c(c1)N=C(c1ccc(Cl)c(Cl)c1)c1ccccc1S2. The number of hydrogen-bond acceptors (Lipinski definition) is 3. The normalized spacial score (nSPS) is 12.6. The van der Waals surface area contributed by atoms with Crippen LogP contribution in [-0.4, -0.2) is 18.2 Å². The van der Waals surface area contributed by atoms with Crippen molar-refractivity contribution in [3.05, 3.63) is 87.4 Å². The quantitative estimate of drug-likeness (QED) is 0.360. The van der Waals surface area contributed by atoms with Crippen LogP contribution in [0.3, 0.4) is 0 Å². The van der Waals surface area contributed by atoms with E-state index in [4.69, 9.17) is 28.2 Å². The number of rotatable bonds is 4. The van der Waals surface area contributed by atoms with Crippen LogP contribution in [0.1, 0.15) is 35.3 Å². The highest BCUT2D eigenvalue weighted by atomic mass is 35.5. The van der Waals surface area contributed by atoms with Crippen LogP contribution in [0.5, 0.6) is 0 Å². The van der Waals surface area contributed by atoms with Crippen molar-refractivity contribution in [1.82, 2.24) is 5.32 Å². The predicted molar refractivity (Wildman–Crippen MR) is 126 cm³/mol. The summed E-state index contributed by atoms with van der Waals surface area (Å²) in [4.78, 5) is 19.6. The average molecular weight is 455 g/mol. The number of nitrogens with one attached hydrogen (secondary N) is 1. The molecule has 0 bridgehead atoms. The van der Waals surface area contributed by atoms with Gasteiger partial charge in [0.25, 0.3) is 5.91 Å². The van der Waals surface area contributed by atoms with E-state index in [1.165, 1.54) is 0 Å². The second-order valence-electron chi connectivity index (χ2n) is 7.47. The molecule has 3 nitrogen and oxygen atoms in total. The molecule has 0 atom stereocenters. The summed E-state index contributed by atoms with van der Waals surface area (Å²) >= 11 is 14.0. The van der Waals surface area contributed by atoms with E-state index >= 15 is 0 Å². The first-order valence-corrected chi connectivity index (χ1v) is 11.2. The molecule has 0 radical (unpaired) electrons. The number of amides is 1. The van der Waals surface area contributed by atoms with Crippen LogP contribution < -0.4 is 5.32 Å². The van der Waals surface area contributed by atoms with Gasteiger partial charge in [-0.05, 0) is 42.3 Å². The molecular formula is C24H20Cl2N2OS. The van der Waals surface area contributed by atoms with Crippen molar-refractivity contribution >= 4 is 52.3 Å². The number of hydrogen-bond donors (Lipinski definition) is 1. The molecule has 0 saturated heterocycles. The molecule has 4 rings (SSSR count). The minimum atomic E-state index is -0.0930. The molecule has 1 heterocycles. The van der Waals surface area contributed by atoms with Crippen molar-refractivity contribution in [2.24, 2.45) is 10.9 Å². The van der Waals surface area contributed by atoms with Gasteiger partial charge in [-0.1, -0.05) is 73.1 Å². The van der Waals surface area contributed by atoms with Crippen molar-refractivity contribution in [1.29, 1.82) is 0 Å². The topological polar surface area (TPSA) is 41.5 Å². The number of aliphatic imine (C=N–C) groups is 1. The lowest BCUT2D eigenvalue weighted by Crippen LogP contribution is -2.27. The molecular weight excluding hydrogens is 435 g/mol. The third kappa shape index (κ3) is 4.41. The second-order valence-corrected chi connectivity index (χ2v) is 9.37.